The number of nitrogens with one attached hydrogen (secondary N) is 1. The van der Waals surface area contributed by atoms with Crippen LogP contribution in [0.1, 0.15) is 33.2 Å². The summed E-state index contributed by atoms with van der Waals surface area (Å²) in [5.41, 5.74) is 1.88. The molecule has 4 aromatic rings. The molecule has 0 aliphatic carbocycles. The Labute approximate surface area is 207 Å². The van der Waals surface area contributed by atoms with Gasteiger partial charge in [0.2, 0.25) is 0 Å². The summed E-state index contributed by atoms with van der Waals surface area (Å²) in [6.07, 6.45) is 1.34. The first-order valence-corrected chi connectivity index (χ1v) is 11.1. The molecule has 4 rings (SSSR count). The standard InChI is InChI=1S/C26H26N4O6/c1-6-36-26(32)20-14-27-30(22-10-15(2)19-8-7-9-21(35-5)23(19)28-22)24(20)29-25(31)16-11-17(33-3)13-18(12-16)34-4/h7-14H,6H2,1-5H3,(H,29,31). The van der Waals surface area contributed by atoms with Gasteiger partial charge in [0, 0.05) is 17.0 Å². The van der Waals surface area contributed by atoms with Gasteiger partial charge in [-0.2, -0.15) is 9.78 Å². The van der Waals surface area contributed by atoms with Crippen LogP contribution in [-0.2, 0) is 4.74 Å². The van der Waals surface area contributed by atoms with Gasteiger partial charge in [0.1, 0.15) is 28.3 Å². The van der Waals surface area contributed by atoms with E-state index in [-0.39, 0.29) is 23.6 Å². The van der Waals surface area contributed by atoms with E-state index in [0.29, 0.717) is 28.6 Å². The van der Waals surface area contributed by atoms with Crippen molar-refractivity contribution in [2.75, 3.05) is 33.3 Å². The van der Waals surface area contributed by atoms with Crippen molar-refractivity contribution >= 4 is 28.6 Å². The number of hydrogen-bond acceptors (Lipinski definition) is 8. The van der Waals surface area contributed by atoms with E-state index >= 15 is 0 Å². The van der Waals surface area contributed by atoms with Crippen LogP contribution in [0.3, 0.4) is 0 Å². The maximum atomic E-state index is 13.3. The predicted octanol–water partition coefficient (Wildman–Crippen LogP) is 4.18. The highest BCUT2D eigenvalue weighted by Crippen LogP contribution is 2.30. The summed E-state index contributed by atoms with van der Waals surface area (Å²) in [7, 11) is 4.55. The Morgan fingerprint density at radius 2 is 1.72 bits per heavy atom. The van der Waals surface area contributed by atoms with Gasteiger partial charge >= 0.3 is 5.97 Å². The predicted molar refractivity (Wildman–Crippen MR) is 134 cm³/mol. The highest BCUT2D eigenvalue weighted by molar-refractivity contribution is 6.08. The SMILES string of the molecule is CCOC(=O)c1cnn(-c2cc(C)c3cccc(OC)c3n2)c1NC(=O)c1cc(OC)cc(OC)c1. The zero-order valence-corrected chi connectivity index (χ0v) is 20.6. The second-order valence-electron chi connectivity index (χ2n) is 7.75. The molecule has 0 radical (unpaired) electrons. The number of carbonyl (C=O) groups excluding carboxylic acids is 2. The van der Waals surface area contributed by atoms with E-state index in [2.05, 4.69) is 10.4 Å². The molecule has 0 fully saturated rings. The number of anilines is 1. The zero-order valence-electron chi connectivity index (χ0n) is 20.6. The monoisotopic (exact) mass is 490 g/mol. The first-order valence-electron chi connectivity index (χ1n) is 11.1. The number of amides is 1. The molecular formula is C26H26N4O6. The first-order chi connectivity index (χ1) is 17.4. The van der Waals surface area contributed by atoms with E-state index in [1.54, 1.807) is 32.2 Å². The molecule has 186 valence electrons. The van der Waals surface area contributed by atoms with Gasteiger partial charge in [-0.3, -0.25) is 4.79 Å². The fraction of sp³-hybridized carbons (Fsp3) is 0.231. The number of aromatic nitrogens is 3. The molecule has 0 aliphatic rings. The summed E-state index contributed by atoms with van der Waals surface area (Å²) in [5.74, 6) is 0.839. The number of methoxy groups -OCH3 is 3. The number of hydrogen-bond donors (Lipinski definition) is 1. The van der Waals surface area contributed by atoms with Crippen molar-refractivity contribution < 1.29 is 28.5 Å². The molecule has 0 unspecified atom stereocenters. The van der Waals surface area contributed by atoms with Crippen LogP contribution in [0.2, 0.25) is 0 Å². The van der Waals surface area contributed by atoms with Gasteiger partial charge in [-0.05, 0) is 43.7 Å². The average Bonchev–Trinajstić information content (AvgIpc) is 3.31. The summed E-state index contributed by atoms with van der Waals surface area (Å²) in [6.45, 7) is 3.79. The van der Waals surface area contributed by atoms with E-state index in [0.717, 1.165) is 10.9 Å². The molecule has 10 heteroatoms. The Hall–Kier alpha value is -4.60. The number of aryl methyl sites for hydroxylation is 1. The molecule has 2 aromatic carbocycles. The van der Waals surface area contributed by atoms with Crippen molar-refractivity contribution in [3.63, 3.8) is 0 Å². The lowest BCUT2D eigenvalue weighted by molar-refractivity contribution is 0.0527. The van der Waals surface area contributed by atoms with Crippen LogP contribution >= 0.6 is 0 Å². The van der Waals surface area contributed by atoms with Crippen molar-refractivity contribution in [3.05, 3.63) is 65.4 Å². The maximum absolute atomic E-state index is 13.3. The van der Waals surface area contributed by atoms with Crippen molar-refractivity contribution in [2.45, 2.75) is 13.8 Å². The van der Waals surface area contributed by atoms with Crippen LogP contribution in [0.15, 0.2) is 48.7 Å². The molecule has 2 heterocycles. The van der Waals surface area contributed by atoms with Gasteiger partial charge in [-0.25, -0.2) is 9.78 Å². The van der Waals surface area contributed by atoms with Crippen LogP contribution in [0, 0.1) is 6.92 Å². The van der Waals surface area contributed by atoms with E-state index in [4.69, 9.17) is 23.9 Å². The lowest BCUT2D eigenvalue weighted by Gasteiger charge is -2.14. The number of carbonyl (C=O) groups is 2. The minimum absolute atomic E-state index is 0.0830. The third kappa shape index (κ3) is 4.65. The number of ether oxygens (including phenoxy) is 4. The Kier molecular flexibility index (Phi) is 7.05. The molecule has 0 saturated heterocycles. The van der Waals surface area contributed by atoms with Crippen molar-refractivity contribution in [1.82, 2.24) is 14.8 Å². The number of fused-ring (bicyclic) bond motifs is 1. The Bertz CT molecular complexity index is 1420. The Morgan fingerprint density at radius 1 is 1.00 bits per heavy atom. The molecular weight excluding hydrogens is 464 g/mol. The van der Waals surface area contributed by atoms with Gasteiger partial charge in [-0.15, -0.1) is 0 Å². The number of nitrogens with zero attached hydrogens (tertiary/aromatic N) is 3. The van der Waals surface area contributed by atoms with Crippen LogP contribution in [0.4, 0.5) is 5.82 Å². The molecule has 0 atom stereocenters. The summed E-state index contributed by atoms with van der Waals surface area (Å²) in [4.78, 5) is 30.7. The van der Waals surface area contributed by atoms with E-state index in [9.17, 15) is 9.59 Å². The molecule has 1 amide bonds. The molecule has 10 nitrogen and oxygen atoms in total. The van der Waals surface area contributed by atoms with Gasteiger partial charge < -0.3 is 24.3 Å². The van der Waals surface area contributed by atoms with Crippen LogP contribution in [0.25, 0.3) is 16.7 Å². The third-order valence-corrected chi connectivity index (χ3v) is 5.54. The zero-order chi connectivity index (χ0) is 25.8. The smallest absolute Gasteiger partial charge is 0.343 e. The molecule has 1 N–H and O–H groups in total. The number of rotatable bonds is 8. The van der Waals surface area contributed by atoms with Crippen LogP contribution in [-0.4, -0.2) is 54.6 Å². The first kappa shape index (κ1) is 24.5. The van der Waals surface area contributed by atoms with Gasteiger partial charge in [0.15, 0.2) is 11.6 Å². The second-order valence-corrected chi connectivity index (χ2v) is 7.75. The third-order valence-electron chi connectivity index (χ3n) is 5.54. The van der Waals surface area contributed by atoms with E-state index in [1.165, 1.54) is 25.1 Å². The minimum atomic E-state index is -0.627. The molecule has 0 bridgehead atoms. The Balaban J connectivity index is 1.84. The fourth-order valence-corrected chi connectivity index (χ4v) is 3.77. The van der Waals surface area contributed by atoms with Gasteiger partial charge in [-0.1, -0.05) is 12.1 Å². The van der Waals surface area contributed by atoms with E-state index < -0.39 is 11.9 Å². The van der Waals surface area contributed by atoms with Gasteiger partial charge in [0.05, 0.1) is 34.1 Å². The summed E-state index contributed by atoms with van der Waals surface area (Å²) in [6, 6.07) is 12.2. The minimum Gasteiger partial charge on any atom is -0.497 e. The largest absolute Gasteiger partial charge is 0.497 e. The molecule has 36 heavy (non-hydrogen) atoms. The number of benzene rings is 2. The van der Waals surface area contributed by atoms with E-state index in [1.807, 2.05) is 31.2 Å². The molecule has 0 aliphatic heterocycles. The number of pyridine rings is 1. The van der Waals surface area contributed by atoms with Crippen LogP contribution < -0.4 is 19.5 Å². The summed E-state index contributed by atoms with van der Waals surface area (Å²) in [5, 5.41) is 8.05. The quantitative estimate of drug-likeness (QED) is 0.366. The topological polar surface area (TPSA) is 114 Å². The van der Waals surface area contributed by atoms with Crippen molar-refractivity contribution in [2.24, 2.45) is 0 Å². The Morgan fingerprint density at radius 3 is 2.36 bits per heavy atom. The highest BCUT2D eigenvalue weighted by atomic mass is 16.5. The molecule has 0 saturated carbocycles. The normalized spacial score (nSPS) is 10.7. The highest BCUT2D eigenvalue weighted by Gasteiger charge is 2.24. The number of esters is 1. The molecule has 2 aromatic heterocycles. The fourth-order valence-electron chi connectivity index (χ4n) is 3.77. The average molecular weight is 491 g/mol. The van der Waals surface area contributed by atoms with Crippen molar-refractivity contribution in [3.8, 4) is 23.1 Å². The molecule has 0 spiro atoms. The van der Waals surface area contributed by atoms with Gasteiger partial charge in [0.25, 0.3) is 5.91 Å². The summed E-state index contributed by atoms with van der Waals surface area (Å²) < 4.78 is 22.6. The summed E-state index contributed by atoms with van der Waals surface area (Å²) >= 11 is 0. The van der Waals surface area contributed by atoms with Crippen LogP contribution in [0.5, 0.6) is 17.2 Å². The number of para-hydroxylation sites is 1. The lowest BCUT2D eigenvalue weighted by atomic mass is 10.1. The van der Waals surface area contributed by atoms with Crippen molar-refractivity contribution in [1.29, 1.82) is 0 Å². The maximum Gasteiger partial charge on any atom is 0.343 e. The lowest BCUT2D eigenvalue weighted by Crippen LogP contribution is -2.18. The second kappa shape index (κ2) is 10.3.